The first kappa shape index (κ1) is 16.4. The fourth-order valence-corrected chi connectivity index (χ4v) is 2.46. The zero-order valence-corrected chi connectivity index (χ0v) is 13.6. The Morgan fingerprint density at radius 2 is 1.92 bits per heavy atom. The van der Waals surface area contributed by atoms with E-state index in [1.54, 1.807) is 24.3 Å². The Kier molecular flexibility index (Phi) is 4.60. The molecule has 1 aromatic carbocycles. The third-order valence-electron chi connectivity index (χ3n) is 3.76. The van der Waals surface area contributed by atoms with Crippen molar-refractivity contribution in [2.75, 3.05) is 0 Å². The Labute approximate surface area is 144 Å². The smallest absolute Gasteiger partial charge is 0.312 e. The van der Waals surface area contributed by atoms with Crippen molar-refractivity contribution in [1.82, 2.24) is 25.2 Å². The van der Waals surface area contributed by atoms with E-state index in [-0.39, 0.29) is 11.9 Å². The summed E-state index contributed by atoms with van der Waals surface area (Å²) in [4.78, 5) is 23.1. The number of hydrogen-bond donors (Lipinski definition) is 3. The van der Waals surface area contributed by atoms with E-state index in [0.717, 1.165) is 11.2 Å². The van der Waals surface area contributed by atoms with Crippen molar-refractivity contribution in [3.05, 3.63) is 65.6 Å². The summed E-state index contributed by atoms with van der Waals surface area (Å²) in [5.41, 5.74) is 7.13. The highest BCUT2D eigenvalue weighted by Crippen LogP contribution is 2.13. The first-order valence-corrected chi connectivity index (χ1v) is 7.77. The maximum absolute atomic E-state index is 12.4. The van der Waals surface area contributed by atoms with Gasteiger partial charge in [-0.1, -0.05) is 18.2 Å². The molecule has 1 atom stereocenters. The van der Waals surface area contributed by atoms with Crippen LogP contribution in [0.25, 0.3) is 5.65 Å². The van der Waals surface area contributed by atoms with E-state index in [1.807, 2.05) is 35.7 Å². The van der Waals surface area contributed by atoms with Gasteiger partial charge in [0.05, 0.1) is 6.04 Å². The molecule has 0 aliphatic rings. The molecule has 0 aliphatic heterocycles. The Morgan fingerprint density at radius 3 is 2.64 bits per heavy atom. The predicted octanol–water partition coefficient (Wildman–Crippen LogP) is 1.39. The summed E-state index contributed by atoms with van der Waals surface area (Å²) in [7, 11) is 0. The van der Waals surface area contributed by atoms with Gasteiger partial charge >= 0.3 is 6.03 Å². The van der Waals surface area contributed by atoms with E-state index in [1.165, 1.54) is 0 Å². The second kappa shape index (κ2) is 7.00. The van der Waals surface area contributed by atoms with Crippen LogP contribution in [0.4, 0.5) is 4.79 Å². The van der Waals surface area contributed by atoms with Crippen LogP contribution in [0.2, 0.25) is 0 Å². The summed E-state index contributed by atoms with van der Waals surface area (Å²) in [5.74, 6) is 0.445. The van der Waals surface area contributed by atoms with Crippen LogP contribution in [-0.2, 0) is 6.54 Å². The van der Waals surface area contributed by atoms with Crippen LogP contribution < -0.4 is 16.4 Å². The first-order chi connectivity index (χ1) is 12.0. The Morgan fingerprint density at radius 1 is 1.16 bits per heavy atom. The Bertz CT molecular complexity index is 903. The van der Waals surface area contributed by atoms with E-state index in [9.17, 15) is 9.59 Å². The highest BCUT2D eigenvalue weighted by atomic mass is 16.2. The fourth-order valence-electron chi connectivity index (χ4n) is 2.46. The van der Waals surface area contributed by atoms with Gasteiger partial charge in [0.25, 0.3) is 5.91 Å². The second-order valence-electron chi connectivity index (χ2n) is 5.60. The monoisotopic (exact) mass is 338 g/mol. The van der Waals surface area contributed by atoms with Crippen molar-refractivity contribution in [3.8, 4) is 0 Å². The lowest BCUT2D eigenvalue weighted by Crippen LogP contribution is -2.29. The van der Waals surface area contributed by atoms with Crippen molar-refractivity contribution >= 4 is 17.6 Å². The van der Waals surface area contributed by atoms with Gasteiger partial charge in [0.15, 0.2) is 11.5 Å². The molecule has 4 N–H and O–H groups in total. The van der Waals surface area contributed by atoms with Crippen LogP contribution in [0.3, 0.4) is 0 Å². The molecule has 2 aromatic heterocycles. The minimum Gasteiger partial charge on any atom is -0.352 e. The van der Waals surface area contributed by atoms with Gasteiger partial charge in [-0.05, 0) is 36.8 Å². The van der Waals surface area contributed by atoms with Crippen LogP contribution >= 0.6 is 0 Å². The second-order valence-corrected chi connectivity index (χ2v) is 5.60. The molecule has 3 amide bonds. The average molecular weight is 338 g/mol. The summed E-state index contributed by atoms with van der Waals surface area (Å²) >= 11 is 0. The lowest BCUT2D eigenvalue weighted by atomic mass is 10.1. The van der Waals surface area contributed by atoms with Gasteiger partial charge < -0.3 is 16.4 Å². The summed E-state index contributed by atoms with van der Waals surface area (Å²) in [6, 6.07) is 11.6. The molecule has 0 radical (unpaired) electrons. The summed E-state index contributed by atoms with van der Waals surface area (Å²) in [5, 5.41) is 13.6. The number of urea groups is 1. The quantitative estimate of drug-likeness (QED) is 0.652. The largest absolute Gasteiger partial charge is 0.352 e. The third-order valence-corrected chi connectivity index (χ3v) is 3.76. The molecule has 3 rings (SSSR count). The van der Waals surface area contributed by atoms with E-state index in [0.29, 0.717) is 17.9 Å². The molecule has 1 unspecified atom stereocenters. The molecule has 0 spiro atoms. The molecule has 2 heterocycles. The number of hydrogen-bond acceptors (Lipinski definition) is 4. The number of pyridine rings is 1. The zero-order valence-electron chi connectivity index (χ0n) is 13.6. The number of nitrogens with two attached hydrogens (primary N) is 1. The number of amides is 3. The summed E-state index contributed by atoms with van der Waals surface area (Å²) < 4.78 is 1.84. The van der Waals surface area contributed by atoms with Gasteiger partial charge in [0.1, 0.15) is 0 Å². The first-order valence-electron chi connectivity index (χ1n) is 7.77. The van der Waals surface area contributed by atoms with Gasteiger partial charge in [0.2, 0.25) is 0 Å². The molecule has 0 saturated carbocycles. The standard InChI is InChI=1S/C17H18N6O2/c1-11(15-22-21-14-4-2-3-9-23(14)15)20-16(24)13-7-5-12(6-8-13)10-19-17(18)25/h2-9,11H,10H2,1H3,(H,20,24)(H3,18,19,25). The van der Waals surface area contributed by atoms with Gasteiger partial charge in [-0.3, -0.25) is 9.20 Å². The van der Waals surface area contributed by atoms with Gasteiger partial charge in [-0.15, -0.1) is 10.2 Å². The van der Waals surface area contributed by atoms with E-state index in [4.69, 9.17) is 5.73 Å². The highest BCUT2D eigenvalue weighted by molar-refractivity contribution is 5.94. The van der Waals surface area contributed by atoms with E-state index < -0.39 is 6.03 Å². The van der Waals surface area contributed by atoms with E-state index >= 15 is 0 Å². The zero-order chi connectivity index (χ0) is 17.8. The van der Waals surface area contributed by atoms with Crippen molar-refractivity contribution in [2.24, 2.45) is 5.73 Å². The molecule has 128 valence electrons. The van der Waals surface area contributed by atoms with Crippen molar-refractivity contribution < 1.29 is 9.59 Å². The molecule has 8 heteroatoms. The maximum atomic E-state index is 12.4. The van der Waals surface area contributed by atoms with Gasteiger partial charge in [-0.2, -0.15) is 0 Å². The molecule has 0 aliphatic carbocycles. The Balaban J connectivity index is 1.68. The molecule has 3 aromatic rings. The maximum Gasteiger partial charge on any atom is 0.312 e. The van der Waals surface area contributed by atoms with E-state index in [2.05, 4.69) is 20.8 Å². The summed E-state index contributed by atoms with van der Waals surface area (Å²) in [6.07, 6.45) is 1.86. The minimum absolute atomic E-state index is 0.213. The van der Waals surface area contributed by atoms with Crippen LogP contribution in [0.15, 0.2) is 48.7 Å². The molecule has 0 saturated heterocycles. The van der Waals surface area contributed by atoms with Crippen molar-refractivity contribution in [3.63, 3.8) is 0 Å². The normalized spacial score (nSPS) is 11.9. The van der Waals surface area contributed by atoms with Gasteiger partial charge in [-0.25, -0.2) is 4.79 Å². The number of primary amides is 1. The van der Waals surface area contributed by atoms with Crippen LogP contribution in [0.1, 0.15) is 34.7 Å². The van der Waals surface area contributed by atoms with Gasteiger partial charge in [0, 0.05) is 18.3 Å². The van der Waals surface area contributed by atoms with Crippen molar-refractivity contribution in [1.29, 1.82) is 0 Å². The van der Waals surface area contributed by atoms with Crippen molar-refractivity contribution in [2.45, 2.75) is 19.5 Å². The number of rotatable bonds is 5. The number of fused-ring (bicyclic) bond motifs is 1. The number of aromatic nitrogens is 3. The topological polar surface area (TPSA) is 114 Å². The lowest BCUT2D eigenvalue weighted by Gasteiger charge is -2.12. The number of benzene rings is 1. The molecule has 0 fully saturated rings. The van der Waals surface area contributed by atoms with Crippen LogP contribution in [0.5, 0.6) is 0 Å². The van der Waals surface area contributed by atoms with Crippen LogP contribution in [0, 0.1) is 0 Å². The third kappa shape index (κ3) is 3.74. The molecule has 8 nitrogen and oxygen atoms in total. The number of carbonyl (C=O) groups excluding carboxylic acids is 2. The predicted molar refractivity (Wildman–Crippen MR) is 91.7 cm³/mol. The number of carbonyl (C=O) groups is 2. The SMILES string of the molecule is CC(NC(=O)c1ccc(CNC(N)=O)cc1)c1nnc2ccccn12. The van der Waals surface area contributed by atoms with Crippen LogP contribution in [-0.4, -0.2) is 26.5 Å². The molecular formula is C17H18N6O2. The molecule has 0 bridgehead atoms. The highest BCUT2D eigenvalue weighted by Gasteiger charge is 2.16. The minimum atomic E-state index is -0.587. The lowest BCUT2D eigenvalue weighted by molar-refractivity contribution is 0.0938. The fraction of sp³-hybridized carbons (Fsp3) is 0.176. The average Bonchev–Trinajstić information content (AvgIpc) is 3.04. The Hall–Kier alpha value is -3.42. The molecular weight excluding hydrogens is 320 g/mol. The summed E-state index contributed by atoms with van der Waals surface area (Å²) in [6.45, 7) is 2.17. The molecule has 25 heavy (non-hydrogen) atoms. The number of nitrogens with zero attached hydrogens (tertiary/aromatic N) is 3. The number of nitrogens with one attached hydrogen (secondary N) is 2.